The molecule has 3 aliphatic carbocycles. The highest BCUT2D eigenvalue weighted by molar-refractivity contribution is 5.91. The topological polar surface area (TPSA) is 251 Å². The van der Waals surface area contributed by atoms with Gasteiger partial charge in [0.1, 0.15) is 54.6 Å². The number of aromatic hydroxyl groups is 4. The van der Waals surface area contributed by atoms with E-state index in [1.54, 1.807) is 6.92 Å². The van der Waals surface area contributed by atoms with E-state index in [4.69, 9.17) is 28.4 Å². The van der Waals surface area contributed by atoms with Crippen LogP contribution in [0.1, 0.15) is 40.5 Å². The van der Waals surface area contributed by atoms with Crippen molar-refractivity contribution < 1.29 is 78.9 Å². The highest BCUT2D eigenvalue weighted by atomic mass is 16.8. The molecule has 248 valence electrons. The largest absolute Gasteiger partial charge is 0.508 e. The number of ether oxygens (including phenoxy) is 6. The van der Waals surface area contributed by atoms with E-state index in [1.807, 2.05) is 0 Å². The van der Waals surface area contributed by atoms with E-state index in [0.717, 1.165) is 12.1 Å². The first kappa shape index (κ1) is 30.9. The van der Waals surface area contributed by atoms with Crippen LogP contribution in [0.2, 0.25) is 0 Å². The standard InChI is InChI=1S/C30H32O16/c1-27-10-29(40)18-8-30(27,28(18,26(45-27)46-29)11-42-23(38)12-2-4-14(31)5-3-12)44-25-22(37)21(36)20(35)17(43-25)9-41-24(39)13-6-15(32)19(34)16(33)7-13/h2-7,17-18,20-22,25-26,31-37,40H,8-11H2,1H3/t17-,18-,20-,21+,22-,25+,26?,27+,28+,29-,30+/m1/s1. The molecule has 4 aliphatic heterocycles. The molecule has 46 heavy (non-hydrogen) atoms. The molecule has 4 saturated heterocycles. The normalized spacial score (nSPS) is 41.6. The summed E-state index contributed by atoms with van der Waals surface area (Å²) in [5, 5.41) is 82.1. The van der Waals surface area contributed by atoms with Crippen LogP contribution in [0.3, 0.4) is 0 Å². The van der Waals surface area contributed by atoms with Crippen LogP contribution >= 0.6 is 0 Å². The van der Waals surface area contributed by atoms with E-state index in [1.165, 1.54) is 24.3 Å². The lowest BCUT2D eigenvalue weighted by Gasteiger charge is -2.67. The molecule has 2 aromatic carbocycles. The zero-order valence-electron chi connectivity index (χ0n) is 24.2. The maximum Gasteiger partial charge on any atom is 0.338 e. The highest BCUT2D eigenvalue weighted by Crippen LogP contribution is 2.81. The van der Waals surface area contributed by atoms with Crippen molar-refractivity contribution in [3.05, 3.63) is 47.5 Å². The zero-order valence-corrected chi connectivity index (χ0v) is 24.2. The van der Waals surface area contributed by atoms with Gasteiger partial charge in [-0.25, -0.2) is 9.59 Å². The summed E-state index contributed by atoms with van der Waals surface area (Å²) in [6.07, 6.45) is -9.43. The summed E-state index contributed by atoms with van der Waals surface area (Å²) < 4.78 is 35.2. The first-order chi connectivity index (χ1) is 21.6. The van der Waals surface area contributed by atoms with Gasteiger partial charge in [-0.05, 0) is 49.7 Å². The Morgan fingerprint density at radius 3 is 2.22 bits per heavy atom. The van der Waals surface area contributed by atoms with Gasteiger partial charge in [-0.15, -0.1) is 0 Å². The van der Waals surface area contributed by atoms with E-state index in [0.29, 0.717) is 0 Å². The predicted octanol–water partition coefficient (Wildman–Crippen LogP) is -0.670. The van der Waals surface area contributed by atoms with Gasteiger partial charge >= 0.3 is 11.9 Å². The molecule has 6 bridgehead atoms. The highest BCUT2D eigenvalue weighted by Gasteiger charge is 2.94. The molecule has 0 aromatic heterocycles. The molecule has 3 saturated carbocycles. The van der Waals surface area contributed by atoms with Crippen LogP contribution in [0.15, 0.2) is 36.4 Å². The smallest absolute Gasteiger partial charge is 0.338 e. The number of rotatable bonds is 8. The number of hydrogen-bond acceptors (Lipinski definition) is 16. The Hall–Kier alpha value is -3.74. The second-order valence-electron chi connectivity index (χ2n) is 12.7. The van der Waals surface area contributed by atoms with Gasteiger partial charge in [-0.1, -0.05) is 0 Å². The molecule has 2 aromatic rings. The van der Waals surface area contributed by atoms with Crippen molar-refractivity contribution in [2.45, 2.75) is 73.8 Å². The Labute approximate surface area is 259 Å². The van der Waals surface area contributed by atoms with Crippen LogP contribution in [0.5, 0.6) is 23.0 Å². The lowest BCUT2D eigenvalue weighted by molar-refractivity contribution is -0.424. The Kier molecular flexibility index (Phi) is 6.80. The van der Waals surface area contributed by atoms with Crippen molar-refractivity contribution in [2.24, 2.45) is 11.3 Å². The predicted molar refractivity (Wildman–Crippen MR) is 145 cm³/mol. The summed E-state index contributed by atoms with van der Waals surface area (Å²) in [6, 6.07) is 7.10. The SMILES string of the molecule is C[C@@]12C[C@@]3(O)OC(O1)[C@]1(COC(=O)c4ccc(O)cc4)[C@H]3C[C@]21O[C@@H]1O[C@H](COC(=O)c2cc(O)c(O)c(O)c2)[C@@H](O)[C@H](O)[C@H]1O. The maximum atomic E-state index is 12.9. The Bertz CT molecular complexity index is 1560. The number of hydrogen-bond donors (Lipinski definition) is 8. The minimum Gasteiger partial charge on any atom is -0.508 e. The molecule has 4 heterocycles. The minimum atomic E-state index is -1.83. The van der Waals surface area contributed by atoms with Gasteiger partial charge < -0.3 is 69.3 Å². The third-order valence-corrected chi connectivity index (χ3v) is 10.2. The second kappa shape index (κ2) is 10.1. The van der Waals surface area contributed by atoms with E-state index < -0.39 is 101 Å². The molecule has 11 atom stereocenters. The zero-order chi connectivity index (χ0) is 33.0. The number of benzene rings is 2. The average Bonchev–Trinajstić information content (AvgIpc) is 3.20. The van der Waals surface area contributed by atoms with Crippen molar-refractivity contribution in [2.75, 3.05) is 13.2 Å². The maximum absolute atomic E-state index is 12.9. The number of phenolic OH excluding ortho intramolecular Hbond substituents is 4. The number of aliphatic hydroxyl groups is 4. The first-order valence-corrected chi connectivity index (χ1v) is 14.5. The van der Waals surface area contributed by atoms with Crippen LogP contribution in [0, 0.1) is 11.3 Å². The summed E-state index contributed by atoms with van der Waals surface area (Å²) in [7, 11) is 0. The van der Waals surface area contributed by atoms with Gasteiger partial charge in [0.05, 0.1) is 16.5 Å². The summed E-state index contributed by atoms with van der Waals surface area (Å²) in [6.45, 7) is 0.673. The van der Waals surface area contributed by atoms with Crippen LogP contribution in [-0.4, -0.2) is 120 Å². The van der Waals surface area contributed by atoms with E-state index in [-0.39, 0.29) is 36.3 Å². The number of esters is 2. The fourth-order valence-corrected chi connectivity index (χ4v) is 7.85. The van der Waals surface area contributed by atoms with Gasteiger partial charge in [-0.3, -0.25) is 0 Å². The lowest BCUT2D eigenvalue weighted by Crippen LogP contribution is -2.80. The second-order valence-corrected chi connectivity index (χ2v) is 12.7. The molecule has 0 amide bonds. The third kappa shape index (κ3) is 4.08. The van der Waals surface area contributed by atoms with Crippen LogP contribution in [-0.2, 0) is 28.4 Å². The molecule has 9 rings (SSSR count). The quantitative estimate of drug-likeness (QED) is 0.130. The van der Waals surface area contributed by atoms with Crippen LogP contribution < -0.4 is 0 Å². The van der Waals surface area contributed by atoms with Crippen LogP contribution in [0.4, 0.5) is 0 Å². The summed E-state index contributed by atoms with van der Waals surface area (Å²) in [4.78, 5) is 25.5. The van der Waals surface area contributed by atoms with Gasteiger partial charge in [0.25, 0.3) is 0 Å². The molecule has 16 nitrogen and oxygen atoms in total. The molecule has 0 spiro atoms. The molecule has 0 radical (unpaired) electrons. The summed E-state index contributed by atoms with van der Waals surface area (Å²) in [5.74, 6) is -6.46. The summed E-state index contributed by atoms with van der Waals surface area (Å²) in [5.41, 5.74) is -4.07. The molecule has 8 N–H and O–H groups in total. The fraction of sp³-hybridized carbons (Fsp3) is 0.533. The van der Waals surface area contributed by atoms with Crippen molar-refractivity contribution in [1.82, 2.24) is 0 Å². The Morgan fingerprint density at radius 1 is 0.891 bits per heavy atom. The fourth-order valence-electron chi connectivity index (χ4n) is 7.85. The van der Waals surface area contributed by atoms with E-state index in [2.05, 4.69) is 0 Å². The lowest BCUT2D eigenvalue weighted by atomic mass is 9.41. The van der Waals surface area contributed by atoms with Crippen molar-refractivity contribution in [3.8, 4) is 23.0 Å². The van der Waals surface area contributed by atoms with Gasteiger partial charge in [0.2, 0.25) is 0 Å². The Balaban J connectivity index is 1.11. The Morgan fingerprint density at radius 2 is 1.54 bits per heavy atom. The van der Waals surface area contributed by atoms with Crippen molar-refractivity contribution in [1.29, 1.82) is 0 Å². The van der Waals surface area contributed by atoms with Crippen molar-refractivity contribution in [3.63, 3.8) is 0 Å². The number of carbonyl (C=O) groups excluding carboxylic acids is 2. The number of phenols is 4. The number of carbonyl (C=O) groups is 2. The average molecular weight is 649 g/mol. The monoisotopic (exact) mass is 648 g/mol. The molecular weight excluding hydrogens is 616 g/mol. The minimum absolute atomic E-state index is 0.0316. The van der Waals surface area contributed by atoms with E-state index in [9.17, 15) is 50.4 Å². The molecule has 1 unspecified atom stereocenters. The number of aliphatic hydroxyl groups excluding tert-OH is 3. The van der Waals surface area contributed by atoms with Gasteiger partial charge in [-0.2, -0.15) is 0 Å². The third-order valence-electron chi connectivity index (χ3n) is 10.2. The van der Waals surface area contributed by atoms with Gasteiger partial charge in [0.15, 0.2) is 35.6 Å². The first-order valence-electron chi connectivity index (χ1n) is 14.5. The molecule has 16 heteroatoms. The summed E-state index contributed by atoms with van der Waals surface area (Å²) >= 11 is 0. The molecular formula is C30H32O16. The van der Waals surface area contributed by atoms with E-state index >= 15 is 0 Å². The molecule has 7 aliphatic rings. The van der Waals surface area contributed by atoms with Crippen molar-refractivity contribution >= 4 is 11.9 Å². The van der Waals surface area contributed by atoms with Crippen LogP contribution in [0.25, 0.3) is 0 Å². The molecule has 7 fully saturated rings. The van der Waals surface area contributed by atoms with Gasteiger partial charge in [0, 0.05) is 12.3 Å².